The van der Waals surface area contributed by atoms with Crippen LogP contribution in [-0.4, -0.2) is 53.8 Å². The molecule has 3 heterocycles. The van der Waals surface area contributed by atoms with Crippen molar-refractivity contribution in [2.75, 3.05) is 26.3 Å². The molecule has 0 aliphatic carbocycles. The molecule has 1 saturated heterocycles. The molecule has 2 aromatic carbocycles. The van der Waals surface area contributed by atoms with E-state index in [0.717, 1.165) is 36.3 Å². The van der Waals surface area contributed by atoms with Gasteiger partial charge in [0.05, 0.1) is 30.4 Å². The van der Waals surface area contributed by atoms with Gasteiger partial charge in [0.2, 0.25) is 5.91 Å². The van der Waals surface area contributed by atoms with E-state index >= 15 is 0 Å². The lowest BCUT2D eigenvalue weighted by Crippen LogP contribution is -2.36. The van der Waals surface area contributed by atoms with E-state index in [1.807, 2.05) is 23.1 Å². The van der Waals surface area contributed by atoms with E-state index < -0.39 is 0 Å². The van der Waals surface area contributed by atoms with Crippen molar-refractivity contribution in [2.45, 2.75) is 31.7 Å². The van der Waals surface area contributed by atoms with E-state index in [1.54, 1.807) is 24.3 Å². The van der Waals surface area contributed by atoms with Crippen LogP contribution in [0, 0.1) is 0 Å². The van der Waals surface area contributed by atoms with Crippen molar-refractivity contribution in [2.24, 2.45) is 0 Å². The molecule has 3 aliphatic heterocycles. The molecule has 31 heavy (non-hydrogen) atoms. The zero-order valence-corrected chi connectivity index (χ0v) is 17.2. The minimum atomic E-state index is -0.325. The van der Waals surface area contributed by atoms with Crippen LogP contribution in [0.25, 0.3) is 0 Å². The average molecular weight is 420 g/mol. The highest BCUT2D eigenvalue weighted by molar-refractivity contribution is 6.21. The minimum Gasteiger partial charge on any atom is -0.490 e. The number of ether oxygens (including phenoxy) is 2. The maximum Gasteiger partial charge on any atom is 0.261 e. The molecular formula is C24H24N2O5. The van der Waals surface area contributed by atoms with Gasteiger partial charge in [-0.25, -0.2) is 0 Å². The Hall–Kier alpha value is -3.35. The van der Waals surface area contributed by atoms with Gasteiger partial charge in [-0.1, -0.05) is 18.2 Å². The number of hydrogen-bond acceptors (Lipinski definition) is 5. The smallest absolute Gasteiger partial charge is 0.261 e. The number of carbonyl (C=O) groups is 3. The van der Waals surface area contributed by atoms with E-state index in [9.17, 15) is 14.4 Å². The summed E-state index contributed by atoms with van der Waals surface area (Å²) in [7, 11) is 0. The molecule has 160 valence electrons. The second kappa shape index (κ2) is 8.06. The normalized spacial score (nSPS) is 20.1. The third-order valence-corrected chi connectivity index (χ3v) is 6.16. The number of amides is 3. The Balaban J connectivity index is 1.27. The maximum atomic E-state index is 13.0. The van der Waals surface area contributed by atoms with Crippen LogP contribution < -0.4 is 9.47 Å². The summed E-state index contributed by atoms with van der Waals surface area (Å²) in [4.78, 5) is 41.2. The van der Waals surface area contributed by atoms with Crippen LogP contribution in [0.2, 0.25) is 0 Å². The van der Waals surface area contributed by atoms with Gasteiger partial charge in [0.15, 0.2) is 11.5 Å². The molecule has 3 amide bonds. The van der Waals surface area contributed by atoms with Crippen molar-refractivity contribution in [1.82, 2.24) is 9.80 Å². The van der Waals surface area contributed by atoms with Crippen molar-refractivity contribution < 1.29 is 23.9 Å². The summed E-state index contributed by atoms with van der Waals surface area (Å²) in [6.07, 6.45) is 2.75. The molecule has 1 atom stereocenters. The van der Waals surface area contributed by atoms with Gasteiger partial charge in [-0.15, -0.1) is 0 Å². The van der Waals surface area contributed by atoms with Gasteiger partial charge in [0.25, 0.3) is 11.8 Å². The summed E-state index contributed by atoms with van der Waals surface area (Å²) in [6, 6.07) is 12.6. The SMILES string of the molecule is O=C1c2ccccc2C(=O)N1CCC(=O)N1CCC[C@@H]1c1ccc2c(c1)OCCCO2. The second-order valence-electron chi connectivity index (χ2n) is 8.06. The van der Waals surface area contributed by atoms with Crippen LogP contribution in [0.3, 0.4) is 0 Å². The van der Waals surface area contributed by atoms with Crippen LogP contribution in [0.5, 0.6) is 11.5 Å². The monoisotopic (exact) mass is 420 g/mol. The third-order valence-electron chi connectivity index (χ3n) is 6.16. The van der Waals surface area contributed by atoms with Crippen LogP contribution in [-0.2, 0) is 4.79 Å². The molecule has 7 heteroatoms. The first-order valence-electron chi connectivity index (χ1n) is 10.8. The van der Waals surface area contributed by atoms with E-state index in [2.05, 4.69) is 0 Å². The first-order valence-corrected chi connectivity index (χ1v) is 10.8. The number of imide groups is 1. The lowest BCUT2D eigenvalue weighted by molar-refractivity contribution is -0.132. The zero-order valence-electron chi connectivity index (χ0n) is 17.2. The Labute approximate surface area is 180 Å². The molecule has 0 bridgehead atoms. The Morgan fingerprint density at radius 1 is 0.935 bits per heavy atom. The Morgan fingerprint density at radius 2 is 1.65 bits per heavy atom. The fraction of sp³-hybridized carbons (Fsp3) is 0.375. The lowest BCUT2D eigenvalue weighted by atomic mass is 10.0. The third kappa shape index (κ3) is 3.54. The van der Waals surface area contributed by atoms with Crippen LogP contribution >= 0.6 is 0 Å². The highest BCUT2D eigenvalue weighted by Crippen LogP contribution is 2.38. The topological polar surface area (TPSA) is 76.2 Å². The summed E-state index contributed by atoms with van der Waals surface area (Å²) in [5.74, 6) is 0.762. The van der Waals surface area contributed by atoms with Crippen LogP contribution in [0.1, 0.15) is 58.0 Å². The van der Waals surface area contributed by atoms with Crippen molar-refractivity contribution in [3.8, 4) is 11.5 Å². The maximum absolute atomic E-state index is 13.0. The number of carbonyl (C=O) groups excluding carboxylic acids is 3. The van der Waals surface area contributed by atoms with Gasteiger partial charge in [-0.3, -0.25) is 19.3 Å². The van der Waals surface area contributed by atoms with Crippen molar-refractivity contribution in [3.63, 3.8) is 0 Å². The highest BCUT2D eigenvalue weighted by atomic mass is 16.5. The van der Waals surface area contributed by atoms with Gasteiger partial charge in [-0.05, 0) is 42.7 Å². The van der Waals surface area contributed by atoms with Crippen LogP contribution in [0.15, 0.2) is 42.5 Å². The van der Waals surface area contributed by atoms with E-state index in [-0.39, 0.29) is 36.7 Å². The van der Waals surface area contributed by atoms with Gasteiger partial charge in [0.1, 0.15) is 0 Å². The summed E-state index contributed by atoms with van der Waals surface area (Å²) in [6.45, 7) is 2.01. The first kappa shape index (κ1) is 19.6. The van der Waals surface area contributed by atoms with Gasteiger partial charge in [-0.2, -0.15) is 0 Å². The summed E-state index contributed by atoms with van der Waals surface area (Å²) in [5, 5.41) is 0. The molecule has 2 aromatic rings. The fourth-order valence-electron chi connectivity index (χ4n) is 4.59. The number of benzene rings is 2. The van der Waals surface area contributed by atoms with E-state index in [1.165, 1.54) is 4.90 Å². The fourth-order valence-corrected chi connectivity index (χ4v) is 4.59. The standard InChI is InChI=1S/C24H24N2O5/c27-22(10-12-26-23(28)17-5-1-2-6-18(17)24(26)29)25-11-3-7-19(25)16-8-9-20-21(15-16)31-14-4-13-30-20/h1-2,5-6,8-9,15,19H,3-4,7,10-14H2/t19-/m1/s1. The molecule has 0 unspecified atom stereocenters. The quantitative estimate of drug-likeness (QED) is 0.710. The molecule has 3 aliphatic rings. The number of rotatable bonds is 4. The Kier molecular flexibility index (Phi) is 5.10. The number of hydrogen-bond donors (Lipinski definition) is 0. The average Bonchev–Trinajstić information content (AvgIpc) is 3.28. The highest BCUT2D eigenvalue weighted by Gasteiger charge is 2.36. The molecule has 0 aromatic heterocycles. The zero-order chi connectivity index (χ0) is 21.4. The predicted molar refractivity (Wildman–Crippen MR) is 112 cm³/mol. The Bertz CT molecular complexity index is 1020. The predicted octanol–water partition coefficient (Wildman–Crippen LogP) is 3.20. The number of likely N-dealkylation sites (tertiary alicyclic amines) is 1. The molecule has 5 rings (SSSR count). The van der Waals surface area contributed by atoms with E-state index in [4.69, 9.17) is 9.47 Å². The first-order chi connectivity index (χ1) is 15.1. The molecule has 0 N–H and O–H groups in total. The molecule has 7 nitrogen and oxygen atoms in total. The van der Waals surface area contributed by atoms with Crippen molar-refractivity contribution in [3.05, 3.63) is 59.2 Å². The molecule has 0 spiro atoms. The Morgan fingerprint density at radius 3 is 2.39 bits per heavy atom. The van der Waals surface area contributed by atoms with E-state index in [0.29, 0.717) is 30.9 Å². The number of nitrogens with zero attached hydrogens (tertiary/aromatic N) is 2. The molecular weight excluding hydrogens is 396 g/mol. The summed E-state index contributed by atoms with van der Waals surface area (Å²) < 4.78 is 11.5. The second-order valence-corrected chi connectivity index (χ2v) is 8.06. The van der Waals surface area contributed by atoms with Gasteiger partial charge in [0, 0.05) is 25.9 Å². The van der Waals surface area contributed by atoms with Crippen molar-refractivity contribution in [1.29, 1.82) is 0 Å². The molecule has 0 saturated carbocycles. The summed E-state index contributed by atoms with van der Waals surface area (Å²) in [5.41, 5.74) is 1.84. The van der Waals surface area contributed by atoms with Crippen molar-refractivity contribution >= 4 is 17.7 Å². The molecule has 0 radical (unpaired) electrons. The lowest BCUT2D eigenvalue weighted by Gasteiger charge is -2.26. The van der Waals surface area contributed by atoms with Crippen LogP contribution in [0.4, 0.5) is 0 Å². The minimum absolute atomic E-state index is 0.0353. The number of fused-ring (bicyclic) bond motifs is 2. The largest absolute Gasteiger partial charge is 0.490 e. The molecule has 1 fully saturated rings. The van der Waals surface area contributed by atoms with Gasteiger partial charge >= 0.3 is 0 Å². The van der Waals surface area contributed by atoms with Gasteiger partial charge < -0.3 is 14.4 Å². The summed E-state index contributed by atoms with van der Waals surface area (Å²) >= 11 is 0.